The summed E-state index contributed by atoms with van der Waals surface area (Å²) in [5.74, 6) is -0.413. The van der Waals surface area contributed by atoms with Crippen LogP contribution >= 0.6 is 11.3 Å². The Kier molecular flexibility index (Phi) is 4.46. The number of aromatic nitrogens is 2. The zero-order valence-corrected chi connectivity index (χ0v) is 14.5. The van der Waals surface area contributed by atoms with E-state index in [0.29, 0.717) is 5.92 Å². The summed E-state index contributed by atoms with van der Waals surface area (Å²) < 4.78 is 0. The van der Waals surface area contributed by atoms with Gasteiger partial charge in [-0.3, -0.25) is 9.69 Å². The number of thiophene rings is 1. The molecule has 0 aliphatic carbocycles. The van der Waals surface area contributed by atoms with E-state index in [0.717, 1.165) is 48.2 Å². The number of likely N-dealkylation sites (tertiary alicyclic amines) is 1. The molecule has 1 aliphatic rings. The maximum absolute atomic E-state index is 11.7. The maximum Gasteiger partial charge on any atom is 0.325 e. The number of carboxylic acids is 1. The topological polar surface area (TPSA) is 66.3 Å². The Morgan fingerprint density at radius 3 is 2.80 bits per heavy atom. The van der Waals surface area contributed by atoms with Crippen LogP contribution in [0.1, 0.15) is 36.1 Å². The van der Waals surface area contributed by atoms with Crippen LogP contribution in [-0.2, 0) is 4.79 Å². The number of pyridine rings is 2. The number of carboxylic acid groups (broad SMARTS) is 1. The molecule has 0 bridgehead atoms. The van der Waals surface area contributed by atoms with Crippen molar-refractivity contribution in [1.29, 1.82) is 0 Å². The third-order valence-corrected chi connectivity index (χ3v) is 5.59. The average molecular weight is 353 g/mol. The van der Waals surface area contributed by atoms with Crippen LogP contribution in [0.2, 0.25) is 0 Å². The number of fused-ring (bicyclic) bond motifs is 1. The van der Waals surface area contributed by atoms with E-state index in [2.05, 4.69) is 22.0 Å². The van der Waals surface area contributed by atoms with Crippen molar-refractivity contribution in [3.05, 3.63) is 58.5 Å². The van der Waals surface area contributed by atoms with Crippen molar-refractivity contribution in [1.82, 2.24) is 14.9 Å². The summed E-state index contributed by atoms with van der Waals surface area (Å²) in [5, 5.41) is 14.6. The summed E-state index contributed by atoms with van der Waals surface area (Å²) in [5.41, 5.74) is 2.72. The second-order valence-corrected chi connectivity index (χ2v) is 7.17. The molecular weight excluding hydrogens is 334 g/mol. The Labute approximate surface area is 150 Å². The minimum Gasteiger partial charge on any atom is -0.480 e. The molecule has 3 aromatic rings. The van der Waals surface area contributed by atoms with Gasteiger partial charge in [-0.05, 0) is 72.6 Å². The van der Waals surface area contributed by atoms with Gasteiger partial charge < -0.3 is 5.11 Å². The first-order chi connectivity index (χ1) is 12.2. The largest absolute Gasteiger partial charge is 0.480 e. The normalized spacial score (nSPS) is 17.6. The second kappa shape index (κ2) is 6.90. The lowest BCUT2D eigenvalue weighted by molar-refractivity contribution is -0.144. The smallest absolute Gasteiger partial charge is 0.325 e. The van der Waals surface area contributed by atoms with E-state index in [1.807, 2.05) is 29.0 Å². The minimum atomic E-state index is -0.773. The van der Waals surface area contributed by atoms with E-state index in [-0.39, 0.29) is 0 Å². The van der Waals surface area contributed by atoms with Crippen LogP contribution in [0.3, 0.4) is 0 Å². The predicted octanol–water partition coefficient (Wildman–Crippen LogP) is 3.70. The van der Waals surface area contributed by atoms with Crippen LogP contribution < -0.4 is 0 Å². The fourth-order valence-electron chi connectivity index (χ4n) is 3.59. The molecule has 1 aliphatic heterocycles. The summed E-state index contributed by atoms with van der Waals surface area (Å²) in [4.78, 5) is 22.9. The van der Waals surface area contributed by atoms with Crippen LogP contribution in [0.4, 0.5) is 0 Å². The van der Waals surface area contributed by atoms with Crippen molar-refractivity contribution in [3.8, 4) is 0 Å². The number of piperidine rings is 1. The molecule has 3 aromatic heterocycles. The van der Waals surface area contributed by atoms with Gasteiger partial charge in [-0.25, -0.2) is 9.97 Å². The van der Waals surface area contributed by atoms with Crippen LogP contribution in [0, 0.1) is 0 Å². The molecule has 4 heterocycles. The zero-order chi connectivity index (χ0) is 17.2. The van der Waals surface area contributed by atoms with Gasteiger partial charge in [0.05, 0.1) is 0 Å². The Balaban J connectivity index is 1.49. The van der Waals surface area contributed by atoms with Crippen molar-refractivity contribution in [3.63, 3.8) is 0 Å². The second-order valence-electron chi connectivity index (χ2n) is 6.39. The lowest BCUT2D eigenvalue weighted by Crippen LogP contribution is -2.39. The fourth-order valence-corrected chi connectivity index (χ4v) is 4.27. The molecule has 4 rings (SSSR count). The molecule has 1 atom stereocenters. The van der Waals surface area contributed by atoms with Crippen LogP contribution in [0.15, 0.2) is 47.3 Å². The highest BCUT2D eigenvalue weighted by Gasteiger charge is 2.32. The van der Waals surface area contributed by atoms with E-state index in [4.69, 9.17) is 4.98 Å². The molecule has 5 nitrogen and oxygen atoms in total. The molecule has 6 heteroatoms. The molecule has 25 heavy (non-hydrogen) atoms. The average Bonchev–Trinajstić information content (AvgIpc) is 3.16. The first-order valence-corrected chi connectivity index (χ1v) is 9.37. The molecule has 1 saturated heterocycles. The molecule has 0 radical (unpaired) electrons. The summed E-state index contributed by atoms with van der Waals surface area (Å²) in [6.07, 6.45) is 3.60. The quantitative estimate of drug-likeness (QED) is 0.775. The summed E-state index contributed by atoms with van der Waals surface area (Å²) >= 11 is 1.54. The third-order valence-electron chi connectivity index (χ3n) is 4.89. The first kappa shape index (κ1) is 16.2. The molecule has 128 valence electrons. The lowest BCUT2D eigenvalue weighted by atomic mass is 9.91. The van der Waals surface area contributed by atoms with Crippen LogP contribution in [0.5, 0.6) is 0 Å². The first-order valence-electron chi connectivity index (χ1n) is 8.43. The Bertz CT molecular complexity index is 873. The summed E-state index contributed by atoms with van der Waals surface area (Å²) in [6.45, 7) is 1.53. The number of aliphatic carboxylic acids is 1. The number of rotatable bonds is 4. The zero-order valence-electron chi connectivity index (χ0n) is 13.7. The number of hydrogen-bond acceptors (Lipinski definition) is 5. The number of nitrogens with zero attached hydrogens (tertiary/aromatic N) is 3. The Morgan fingerprint density at radius 1 is 1.24 bits per heavy atom. The predicted molar refractivity (Wildman–Crippen MR) is 97.8 cm³/mol. The highest BCUT2D eigenvalue weighted by atomic mass is 32.1. The number of carbonyl (C=O) groups is 1. The molecule has 0 amide bonds. The maximum atomic E-state index is 11.7. The van der Waals surface area contributed by atoms with E-state index in [1.54, 1.807) is 17.5 Å². The van der Waals surface area contributed by atoms with Gasteiger partial charge in [-0.2, -0.15) is 11.3 Å². The highest BCUT2D eigenvalue weighted by molar-refractivity contribution is 7.08. The molecular formula is C19H19N3O2S. The van der Waals surface area contributed by atoms with Crippen LogP contribution in [0.25, 0.3) is 11.0 Å². The van der Waals surface area contributed by atoms with Crippen molar-refractivity contribution in [2.24, 2.45) is 0 Å². The molecule has 0 aromatic carbocycles. The van der Waals surface area contributed by atoms with Gasteiger partial charge in [0.15, 0.2) is 5.65 Å². The van der Waals surface area contributed by atoms with E-state index < -0.39 is 12.0 Å². The van der Waals surface area contributed by atoms with E-state index in [1.165, 1.54) is 0 Å². The van der Waals surface area contributed by atoms with Gasteiger partial charge in [0.2, 0.25) is 0 Å². The van der Waals surface area contributed by atoms with Gasteiger partial charge >= 0.3 is 5.97 Å². The molecule has 1 fully saturated rings. The highest BCUT2D eigenvalue weighted by Crippen LogP contribution is 2.32. The molecule has 0 spiro atoms. The van der Waals surface area contributed by atoms with E-state index in [9.17, 15) is 9.90 Å². The standard InChI is InChI=1S/C19H19N3O2S/c23-19(24)17(15-7-11-25-12-15)22-9-5-13(6-10-22)16-4-3-14-2-1-8-20-18(14)21-16/h1-4,7-8,11-13,17H,5-6,9-10H2,(H,23,24). The van der Waals surface area contributed by atoms with Gasteiger partial charge in [0, 0.05) is 23.2 Å². The van der Waals surface area contributed by atoms with Crippen molar-refractivity contribution in [2.45, 2.75) is 24.8 Å². The van der Waals surface area contributed by atoms with Crippen molar-refractivity contribution in [2.75, 3.05) is 13.1 Å². The minimum absolute atomic E-state index is 0.361. The molecule has 0 saturated carbocycles. The van der Waals surface area contributed by atoms with Crippen molar-refractivity contribution >= 4 is 28.3 Å². The monoisotopic (exact) mass is 353 g/mol. The molecule has 1 unspecified atom stereocenters. The third kappa shape index (κ3) is 3.27. The fraction of sp³-hybridized carbons (Fsp3) is 0.316. The SMILES string of the molecule is O=C(O)C(c1ccsc1)N1CCC(c2ccc3cccnc3n2)CC1. The summed E-state index contributed by atoms with van der Waals surface area (Å²) in [6, 6.07) is 9.45. The summed E-state index contributed by atoms with van der Waals surface area (Å²) in [7, 11) is 0. The van der Waals surface area contributed by atoms with Gasteiger partial charge in [-0.1, -0.05) is 0 Å². The van der Waals surface area contributed by atoms with Gasteiger partial charge in [0.1, 0.15) is 6.04 Å². The molecule has 1 N–H and O–H groups in total. The Morgan fingerprint density at radius 2 is 2.08 bits per heavy atom. The van der Waals surface area contributed by atoms with E-state index >= 15 is 0 Å². The Hall–Kier alpha value is -2.31. The lowest BCUT2D eigenvalue weighted by Gasteiger charge is -2.35. The van der Waals surface area contributed by atoms with Gasteiger partial charge in [-0.15, -0.1) is 0 Å². The number of hydrogen-bond donors (Lipinski definition) is 1. The van der Waals surface area contributed by atoms with Crippen LogP contribution in [-0.4, -0.2) is 39.0 Å². The van der Waals surface area contributed by atoms with Gasteiger partial charge in [0.25, 0.3) is 0 Å². The van der Waals surface area contributed by atoms with Crippen molar-refractivity contribution < 1.29 is 9.90 Å².